The molecule has 0 atom stereocenters. The molecule has 1 aromatic carbocycles. The molecule has 0 bridgehead atoms. The maximum Gasteiger partial charge on any atom is 0.336 e. The van der Waals surface area contributed by atoms with E-state index in [0.717, 1.165) is 0 Å². The minimum Gasteiger partial charge on any atom is -0.504 e. The van der Waals surface area contributed by atoms with E-state index in [9.17, 15) is 14.5 Å². The zero-order chi connectivity index (χ0) is 10.2. The first-order chi connectivity index (χ1) is 5.95. The van der Waals surface area contributed by atoms with E-state index in [4.69, 9.17) is 21.8 Å². The van der Waals surface area contributed by atoms with E-state index in [0.29, 0.717) is 6.07 Å². The van der Waals surface area contributed by atoms with Crippen LogP contribution in [0.4, 0.5) is 10.1 Å². The maximum atomic E-state index is 12.7. The fraction of sp³-hybridized carbons (Fsp3) is 0. The van der Waals surface area contributed by atoms with Gasteiger partial charge in [0.2, 0.25) is 5.75 Å². The van der Waals surface area contributed by atoms with Crippen LogP contribution in [0, 0.1) is 15.9 Å². The lowest BCUT2D eigenvalue weighted by molar-refractivity contribution is -0.386. The average molecular weight is 208 g/mol. The Hall–Kier alpha value is -1.56. The molecule has 0 aliphatic heterocycles. The summed E-state index contributed by atoms with van der Waals surface area (Å²) in [6, 6.07) is 0.491. The van der Waals surface area contributed by atoms with E-state index in [1.165, 1.54) is 0 Å². The Morgan fingerprint density at radius 1 is 1.54 bits per heavy atom. The van der Waals surface area contributed by atoms with Crippen LogP contribution in [0.3, 0.4) is 0 Å². The van der Waals surface area contributed by atoms with Gasteiger partial charge >= 0.3 is 5.69 Å². The lowest BCUT2D eigenvalue weighted by Crippen LogP contribution is -1.92. The lowest BCUT2D eigenvalue weighted by atomic mass is 10.2. The number of rotatable bonds is 1. The molecule has 5 nitrogen and oxygen atoms in total. The molecule has 0 saturated carbocycles. The van der Waals surface area contributed by atoms with Gasteiger partial charge in [-0.1, -0.05) is 11.6 Å². The molecule has 1 rings (SSSR count). The molecule has 0 unspecified atom stereocenters. The van der Waals surface area contributed by atoms with Crippen LogP contribution in [0.5, 0.6) is 11.5 Å². The third-order valence-electron chi connectivity index (χ3n) is 1.33. The summed E-state index contributed by atoms with van der Waals surface area (Å²) in [7, 11) is 0. The molecule has 7 heteroatoms. The average Bonchev–Trinajstić information content (AvgIpc) is 2.01. The molecule has 0 saturated heterocycles. The number of nitro groups is 1. The number of benzene rings is 1. The predicted octanol–water partition coefficient (Wildman–Crippen LogP) is 1.80. The first-order valence-corrected chi connectivity index (χ1v) is 3.37. The van der Waals surface area contributed by atoms with Crippen LogP contribution in [0.25, 0.3) is 0 Å². The molecule has 13 heavy (non-hydrogen) atoms. The minimum absolute atomic E-state index is 0.491. The molecule has 0 amide bonds. The van der Waals surface area contributed by atoms with E-state index in [2.05, 4.69) is 0 Å². The number of nitro benzene ring substituents is 1. The summed E-state index contributed by atoms with van der Waals surface area (Å²) >= 11 is 5.18. The van der Waals surface area contributed by atoms with Crippen LogP contribution < -0.4 is 0 Å². The molecule has 0 aliphatic rings. The second kappa shape index (κ2) is 3.06. The topological polar surface area (TPSA) is 83.6 Å². The van der Waals surface area contributed by atoms with Crippen molar-refractivity contribution in [3.63, 3.8) is 0 Å². The number of hydrogen-bond donors (Lipinski definition) is 2. The Bertz CT molecular complexity index is 355. The van der Waals surface area contributed by atoms with Gasteiger partial charge in [-0.3, -0.25) is 10.1 Å². The Morgan fingerprint density at radius 3 is 2.54 bits per heavy atom. The fourth-order valence-electron chi connectivity index (χ4n) is 0.757. The second-order valence-electron chi connectivity index (χ2n) is 2.15. The Kier molecular flexibility index (Phi) is 2.24. The van der Waals surface area contributed by atoms with Crippen molar-refractivity contribution in [1.82, 2.24) is 0 Å². The Labute approximate surface area is 76.1 Å². The van der Waals surface area contributed by atoms with Gasteiger partial charge in [-0.05, 0) is 0 Å². The van der Waals surface area contributed by atoms with Crippen molar-refractivity contribution in [2.75, 3.05) is 0 Å². The van der Waals surface area contributed by atoms with Crippen molar-refractivity contribution >= 4 is 17.3 Å². The molecule has 0 aliphatic carbocycles. The normalized spacial score (nSPS) is 10.0. The molecule has 1 aromatic rings. The van der Waals surface area contributed by atoms with Crippen LogP contribution in [0.2, 0.25) is 5.02 Å². The first kappa shape index (κ1) is 9.53. The van der Waals surface area contributed by atoms with E-state index in [1.54, 1.807) is 0 Å². The van der Waals surface area contributed by atoms with Gasteiger partial charge < -0.3 is 10.2 Å². The fourth-order valence-corrected chi connectivity index (χ4v) is 0.970. The van der Waals surface area contributed by atoms with Crippen molar-refractivity contribution in [3.05, 3.63) is 27.0 Å². The van der Waals surface area contributed by atoms with Crippen molar-refractivity contribution in [3.8, 4) is 11.5 Å². The maximum absolute atomic E-state index is 12.7. The zero-order valence-corrected chi connectivity index (χ0v) is 6.75. The van der Waals surface area contributed by atoms with Crippen LogP contribution in [-0.2, 0) is 0 Å². The number of phenolic OH excluding ortho intramolecular Hbond substituents is 2. The van der Waals surface area contributed by atoms with Crippen LogP contribution in [-0.4, -0.2) is 15.1 Å². The lowest BCUT2D eigenvalue weighted by Gasteiger charge is -2.01. The largest absolute Gasteiger partial charge is 0.504 e. The Morgan fingerprint density at radius 2 is 2.08 bits per heavy atom. The molecule has 0 aromatic heterocycles. The number of phenols is 2. The van der Waals surface area contributed by atoms with Crippen LogP contribution in [0.15, 0.2) is 6.07 Å². The van der Waals surface area contributed by atoms with Gasteiger partial charge in [-0.25, -0.2) is 4.39 Å². The molecule has 0 radical (unpaired) electrons. The molecule has 0 heterocycles. The quantitative estimate of drug-likeness (QED) is 0.418. The van der Waals surface area contributed by atoms with Gasteiger partial charge in [-0.15, -0.1) is 0 Å². The van der Waals surface area contributed by atoms with Crippen molar-refractivity contribution in [2.24, 2.45) is 0 Å². The highest BCUT2D eigenvalue weighted by atomic mass is 35.5. The highest BCUT2D eigenvalue weighted by Crippen LogP contribution is 2.41. The minimum atomic E-state index is -1.16. The summed E-state index contributed by atoms with van der Waals surface area (Å²) in [6.07, 6.45) is 0. The summed E-state index contributed by atoms with van der Waals surface area (Å²) < 4.78 is 12.7. The summed E-state index contributed by atoms with van der Waals surface area (Å²) in [5.41, 5.74) is -1.04. The summed E-state index contributed by atoms with van der Waals surface area (Å²) in [5.74, 6) is -3.13. The van der Waals surface area contributed by atoms with E-state index >= 15 is 0 Å². The molecule has 0 spiro atoms. The first-order valence-electron chi connectivity index (χ1n) is 2.99. The van der Waals surface area contributed by atoms with Gasteiger partial charge in [-0.2, -0.15) is 0 Å². The van der Waals surface area contributed by atoms with E-state index < -0.39 is 32.9 Å². The number of hydrogen-bond acceptors (Lipinski definition) is 4. The van der Waals surface area contributed by atoms with Gasteiger partial charge in [0.1, 0.15) is 0 Å². The molecule has 70 valence electrons. The highest BCUT2D eigenvalue weighted by Gasteiger charge is 2.25. The summed E-state index contributed by atoms with van der Waals surface area (Å²) in [4.78, 5) is 9.15. The smallest absolute Gasteiger partial charge is 0.336 e. The van der Waals surface area contributed by atoms with Crippen molar-refractivity contribution in [1.29, 1.82) is 0 Å². The monoisotopic (exact) mass is 207 g/mol. The summed E-state index contributed by atoms with van der Waals surface area (Å²) in [5, 5.41) is 27.1. The third kappa shape index (κ3) is 1.48. The summed E-state index contributed by atoms with van der Waals surface area (Å²) in [6.45, 7) is 0. The number of halogens is 2. The predicted molar refractivity (Wildman–Crippen MR) is 41.4 cm³/mol. The highest BCUT2D eigenvalue weighted by molar-refractivity contribution is 6.33. The molecular weight excluding hydrogens is 205 g/mol. The van der Waals surface area contributed by atoms with Crippen molar-refractivity contribution < 1.29 is 19.5 Å². The van der Waals surface area contributed by atoms with Gasteiger partial charge in [0.15, 0.2) is 16.6 Å². The SMILES string of the molecule is O=[N+]([O-])c1c(O)c(O)cc(F)c1Cl. The third-order valence-corrected chi connectivity index (χ3v) is 1.69. The zero-order valence-electron chi connectivity index (χ0n) is 5.99. The molecule has 0 fully saturated rings. The van der Waals surface area contributed by atoms with Gasteiger partial charge in [0.05, 0.1) is 4.92 Å². The molecule has 2 N–H and O–H groups in total. The number of nitrogens with zero attached hydrogens (tertiary/aromatic N) is 1. The second-order valence-corrected chi connectivity index (χ2v) is 2.52. The number of aromatic hydroxyl groups is 2. The van der Waals surface area contributed by atoms with Crippen LogP contribution >= 0.6 is 11.6 Å². The van der Waals surface area contributed by atoms with Gasteiger partial charge in [0, 0.05) is 6.07 Å². The molecular formula is C6H3ClFNO4. The van der Waals surface area contributed by atoms with Gasteiger partial charge in [0.25, 0.3) is 0 Å². The van der Waals surface area contributed by atoms with E-state index in [-0.39, 0.29) is 0 Å². The van der Waals surface area contributed by atoms with Crippen molar-refractivity contribution in [2.45, 2.75) is 0 Å². The standard InChI is InChI=1S/C6H3ClFNO4/c7-4-2(8)1-3(10)6(11)5(4)9(12)13/h1,10-11H. The van der Waals surface area contributed by atoms with Crippen LogP contribution in [0.1, 0.15) is 0 Å². The van der Waals surface area contributed by atoms with E-state index in [1.807, 2.05) is 0 Å². The Balaban J connectivity index is 3.56.